The Kier molecular flexibility index (Phi) is 6.51. The number of pyridine rings is 1. The highest BCUT2D eigenvalue weighted by Gasteiger charge is 2.25. The lowest BCUT2D eigenvalue weighted by molar-refractivity contribution is 0.477. The first-order chi connectivity index (χ1) is 33.0. The van der Waals surface area contributed by atoms with Crippen molar-refractivity contribution in [2.24, 2.45) is 0 Å². The van der Waals surface area contributed by atoms with Crippen LogP contribution in [0.4, 0.5) is 0 Å². The lowest BCUT2D eigenvalue weighted by Crippen LogP contribution is -2.14. The number of aromatic hydroxyl groups is 1. The molecule has 2 aromatic heterocycles. The van der Waals surface area contributed by atoms with Crippen LogP contribution in [0.2, 0.25) is 0 Å². The fraction of sp³-hybridized carbons (Fsp3) is 0.222. The first kappa shape index (κ1) is 25.9. The van der Waals surface area contributed by atoms with Gasteiger partial charge in [-0.05, 0) is 115 Å². The predicted molar refractivity (Wildman–Crippen MR) is 244 cm³/mol. The number of fused-ring (bicyclic) bond motifs is 1. The summed E-state index contributed by atoms with van der Waals surface area (Å²) in [4.78, 5) is 10.0. The van der Waals surface area contributed by atoms with E-state index in [1.165, 1.54) is 12.3 Å². The highest BCUT2D eigenvalue weighted by atomic mass is 16.3. The van der Waals surface area contributed by atoms with Gasteiger partial charge in [-0.3, -0.25) is 9.55 Å². The SMILES string of the molecule is [2H]c1c([2H])c(C(C([2H])([2H])[2H])(C([2H])([2H])[2H])C([2H])([2H])[2H])c([2H])c([2H])c1-c1ccnc(-c2cc(-c3cccc4c3nc(-c3ccccc3O)n4-c3ccc(-c4ccccc4)c(C(C)(C)C)c3)cc(C(C)(C)C)c2)c1. The smallest absolute Gasteiger partial charge is 0.149 e. The number of rotatable bonds is 6. The van der Waals surface area contributed by atoms with Crippen molar-refractivity contribution in [1.82, 2.24) is 14.5 Å². The van der Waals surface area contributed by atoms with Gasteiger partial charge < -0.3 is 5.11 Å². The summed E-state index contributed by atoms with van der Waals surface area (Å²) in [5.74, 6) is 0.590. The standard InChI is InChI=1S/C54H53N3O/c1-52(2,3)40-24-22-35(23-25-40)37-28-29-55-47(33-37)39-30-38(31-41(32-39)53(4,5)6)44-19-15-20-48-50(44)56-51(45-18-13-14-21-49(45)58)57(48)42-26-27-43(36-16-11-10-12-17-36)46(34-42)54(7,8)9/h10-34,58H,1-9H3/i1D3,2D3,3D3,22D,23D,24D,25D. The molecule has 1 N–H and O–H groups in total. The van der Waals surface area contributed by atoms with Crippen molar-refractivity contribution in [1.29, 1.82) is 0 Å². The number of phenols is 1. The minimum atomic E-state index is -3.80. The van der Waals surface area contributed by atoms with Gasteiger partial charge in [-0.15, -0.1) is 0 Å². The monoisotopic (exact) mass is 773 g/mol. The van der Waals surface area contributed by atoms with Crippen molar-refractivity contribution in [2.45, 2.75) is 78.3 Å². The molecule has 290 valence electrons. The second-order valence-corrected chi connectivity index (χ2v) is 16.8. The van der Waals surface area contributed by atoms with Gasteiger partial charge in [-0.2, -0.15) is 0 Å². The average molecular weight is 773 g/mol. The van der Waals surface area contributed by atoms with Gasteiger partial charge in [0.1, 0.15) is 11.6 Å². The predicted octanol–water partition coefficient (Wildman–Crippen LogP) is 14.4. The van der Waals surface area contributed by atoms with E-state index in [0.29, 0.717) is 28.2 Å². The number of hydrogen-bond donors (Lipinski definition) is 1. The highest BCUT2D eigenvalue weighted by Crippen LogP contribution is 2.42. The number of aromatic nitrogens is 3. The fourth-order valence-electron chi connectivity index (χ4n) is 7.35. The Bertz CT molecular complexity index is 3290. The van der Waals surface area contributed by atoms with Crippen LogP contribution in [0, 0.1) is 0 Å². The van der Waals surface area contributed by atoms with E-state index >= 15 is 0 Å². The average Bonchev–Trinajstić information content (AvgIpc) is 3.68. The maximum atomic E-state index is 11.4. The number of benzene rings is 6. The third-order valence-corrected chi connectivity index (χ3v) is 10.4. The van der Waals surface area contributed by atoms with Crippen molar-refractivity contribution in [3.05, 3.63) is 168 Å². The van der Waals surface area contributed by atoms with Crippen LogP contribution in [0.15, 0.2) is 152 Å². The molecule has 8 aromatic rings. The molecule has 8 rings (SSSR count). The molecule has 0 aliphatic heterocycles. The van der Waals surface area contributed by atoms with Crippen molar-refractivity contribution in [3.8, 4) is 67.5 Å². The fourth-order valence-corrected chi connectivity index (χ4v) is 7.35. The van der Waals surface area contributed by atoms with Crippen molar-refractivity contribution >= 4 is 11.0 Å². The summed E-state index contributed by atoms with van der Waals surface area (Å²) < 4.78 is 112. The molecule has 0 aliphatic carbocycles. The van der Waals surface area contributed by atoms with Crippen LogP contribution >= 0.6 is 0 Å². The summed E-state index contributed by atoms with van der Waals surface area (Å²) in [6.07, 6.45) is 1.43. The van der Waals surface area contributed by atoms with Crippen LogP contribution < -0.4 is 0 Å². The van der Waals surface area contributed by atoms with Crippen LogP contribution in [0.1, 0.15) is 96.6 Å². The lowest BCUT2D eigenvalue weighted by atomic mass is 9.81. The van der Waals surface area contributed by atoms with Gasteiger partial charge >= 0.3 is 0 Å². The zero-order valence-corrected chi connectivity index (χ0v) is 33.4. The summed E-state index contributed by atoms with van der Waals surface area (Å²) >= 11 is 0. The minimum Gasteiger partial charge on any atom is -0.507 e. The molecular weight excluding hydrogens is 707 g/mol. The molecule has 0 fully saturated rings. The van der Waals surface area contributed by atoms with E-state index in [0.717, 1.165) is 44.6 Å². The van der Waals surface area contributed by atoms with E-state index in [2.05, 4.69) is 82.5 Å². The Morgan fingerprint density at radius 1 is 0.552 bits per heavy atom. The summed E-state index contributed by atoms with van der Waals surface area (Å²) in [7, 11) is 0. The summed E-state index contributed by atoms with van der Waals surface area (Å²) in [6.45, 7) is 1.36. The quantitative estimate of drug-likeness (QED) is 0.183. The minimum absolute atomic E-state index is 0.0630. The normalized spacial score (nSPS) is 16.2. The Balaban J connectivity index is 1.34. The second-order valence-electron chi connectivity index (χ2n) is 16.8. The van der Waals surface area contributed by atoms with Crippen LogP contribution in [-0.4, -0.2) is 19.6 Å². The van der Waals surface area contributed by atoms with Gasteiger partial charge in [0.2, 0.25) is 0 Å². The Hall–Kier alpha value is -6.26. The Morgan fingerprint density at radius 3 is 1.97 bits per heavy atom. The molecule has 2 heterocycles. The molecule has 6 aromatic carbocycles. The molecule has 0 atom stereocenters. The zero-order chi connectivity index (χ0) is 52.0. The van der Waals surface area contributed by atoms with Gasteiger partial charge in [-0.1, -0.05) is 153 Å². The molecule has 58 heavy (non-hydrogen) atoms. The maximum absolute atomic E-state index is 11.4. The summed E-state index contributed by atoms with van der Waals surface area (Å²) in [5.41, 5.74) is 3.82. The lowest BCUT2D eigenvalue weighted by Gasteiger charge is -2.25. The molecule has 0 radical (unpaired) electrons. The third kappa shape index (κ3) is 7.47. The van der Waals surface area contributed by atoms with Crippen molar-refractivity contribution < 1.29 is 22.9 Å². The largest absolute Gasteiger partial charge is 0.507 e. The molecule has 0 bridgehead atoms. The molecule has 4 nitrogen and oxygen atoms in total. The highest BCUT2D eigenvalue weighted by molar-refractivity contribution is 5.97. The van der Waals surface area contributed by atoms with Gasteiger partial charge in [0, 0.05) is 35.3 Å². The van der Waals surface area contributed by atoms with Crippen LogP contribution in [0.3, 0.4) is 0 Å². The van der Waals surface area contributed by atoms with Gasteiger partial charge in [0.05, 0.1) is 27.8 Å². The van der Waals surface area contributed by atoms with Crippen LogP contribution in [-0.2, 0) is 16.2 Å². The summed E-state index contributed by atoms with van der Waals surface area (Å²) in [5, 5.41) is 11.4. The molecular formula is C54H53N3O. The number of imidazole rings is 1. The molecule has 0 spiro atoms. The van der Waals surface area contributed by atoms with Crippen LogP contribution in [0.25, 0.3) is 72.7 Å². The molecule has 0 unspecified atom stereocenters. The van der Waals surface area contributed by atoms with E-state index in [4.69, 9.17) is 27.8 Å². The first-order valence-electron chi connectivity index (χ1n) is 25.7. The third-order valence-electron chi connectivity index (χ3n) is 10.4. The van der Waals surface area contributed by atoms with E-state index in [-0.39, 0.29) is 22.3 Å². The van der Waals surface area contributed by atoms with Gasteiger partial charge in [-0.25, -0.2) is 4.98 Å². The molecule has 0 amide bonds. The first-order valence-corrected chi connectivity index (χ1v) is 19.2. The zero-order valence-electron chi connectivity index (χ0n) is 46.4. The number of para-hydroxylation sites is 2. The van der Waals surface area contributed by atoms with E-state index in [1.807, 2.05) is 60.7 Å². The van der Waals surface area contributed by atoms with E-state index < -0.39 is 61.1 Å². The molecule has 0 saturated heterocycles. The second kappa shape index (κ2) is 14.6. The topological polar surface area (TPSA) is 50.9 Å². The Morgan fingerprint density at radius 2 is 1.26 bits per heavy atom. The van der Waals surface area contributed by atoms with Crippen molar-refractivity contribution in [3.63, 3.8) is 0 Å². The Labute approximate surface area is 362 Å². The van der Waals surface area contributed by atoms with Crippen molar-refractivity contribution in [2.75, 3.05) is 0 Å². The van der Waals surface area contributed by atoms with E-state index in [1.54, 1.807) is 18.2 Å². The summed E-state index contributed by atoms with van der Waals surface area (Å²) in [6, 6.07) is 34.9. The van der Waals surface area contributed by atoms with Gasteiger partial charge in [0.25, 0.3) is 0 Å². The molecule has 4 heteroatoms. The van der Waals surface area contributed by atoms with Crippen LogP contribution in [0.5, 0.6) is 5.75 Å². The number of hydrogen-bond acceptors (Lipinski definition) is 3. The van der Waals surface area contributed by atoms with Gasteiger partial charge in [0.15, 0.2) is 0 Å². The maximum Gasteiger partial charge on any atom is 0.149 e. The molecule has 0 saturated carbocycles. The number of nitrogens with zero attached hydrogens (tertiary/aromatic N) is 3. The molecule has 0 aliphatic rings. The number of phenolic OH excluding ortho intramolecular Hbond substituents is 1. The van der Waals surface area contributed by atoms with E-state index in [9.17, 15) is 5.11 Å².